The summed E-state index contributed by atoms with van der Waals surface area (Å²) < 4.78 is 13.3. The maximum atomic E-state index is 13.3. The maximum Gasteiger partial charge on any atom is 0.331 e. The Morgan fingerprint density at radius 2 is 2.00 bits per heavy atom. The number of nitrogens with one attached hydrogen (secondary N) is 1. The molecule has 1 saturated heterocycles. The number of benzene rings is 1. The van der Waals surface area contributed by atoms with Crippen LogP contribution in [0, 0.1) is 11.2 Å². The van der Waals surface area contributed by atoms with E-state index in [9.17, 15) is 18.8 Å². The molecule has 2 aliphatic rings. The van der Waals surface area contributed by atoms with Crippen molar-refractivity contribution in [1.29, 1.82) is 0 Å². The van der Waals surface area contributed by atoms with Gasteiger partial charge >= 0.3 is 6.03 Å². The maximum absolute atomic E-state index is 13.3. The molecular formula is C14H13FN2O3. The highest BCUT2D eigenvalue weighted by molar-refractivity contribution is 6.21. The molecule has 1 heterocycles. The van der Waals surface area contributed by atoms with Crippen molar-refractivity contribution in [2.45, 2.75) is 25.8 Å². The van der Waals surface area contributed by atoms with Gasteiger partial charge < -0.3 is 0 Å². The molecule has 0 aromatic heterocycles. The van der Waals surface area contributed by atoms with Crippen LogP contribution in [0.4, 0.5) is 9.18 Å². The van der Waals surface area contributed by atoms with E-state index >= 15 is 0 Å². The molecule has 3 rings (SSSR count). The van der Waals surface area contributed by atoms with Crippen LogP contribution in [0.3, 0.4) is 0 Å². The highest BCUT2D eigenvalue weighted by atomic mass is 19.1. The van der Waals surface area contributed by atoms with Gasteiger partial charge in [0.15, 0.2) is 0 Å². The molecule has 1 spiro atoms. The van der Waals surface area contributed by atoms with E-state index in [-0.39, 0.29) is 0 Å². The van der Waals surface area contributed by atoms with Gasteiger partial charge in [-0.1, -0.05) is 12.1 Å². The molecule has 6 heteroatoms. The predicted octanol–water partition coefficient (Wildman–Crippen LogP) is 1.75. The monoisotopic (exact) mass is 276 g/mol. The summed E-state index contributed by atoms with van der Waals surface area (Å²) in [5, 5.41) is 2.21. The predicted molar refractivity (Wildman–Crippen MR) is 66.9 cm³/mol. The average molecular weight is 276 g/mol. The molecule has 0 bridgehead atoms. The van der Waals surface area contributed by atoms with Crippen molar-refractivity contribution >= 4 is 17.8 Å². The minimum absolute atomic E-state index is 0.434. The number of rotatable bonds is 2. The number of hydrogen-bond donors (Lipinski definition) is 1. The highest BCUT2D eigenvalue weighted by Crippen LogP contribution is 2.50. The van der Waals surface area contributed by atoms with Gasteiger partial charge in [0, 0.05) is 0 Å². The minimum Gasteiger partial charge on any atom is -0.277 e. The Bertz CT molecular complexity index is 625. The van der Waals surface area contributed by atoms with Gasteiger partial charge in [-0.05, 0) is 37.5 Å². The lowest BCUT2D eigenvalue weighted by atomic mass is 9.98. The molecule has 104 valence electrons. The number of amides is 4. The third kappa shape index (κ3) is 1.71. The standard InChI is InChI=1S/C14H13FN2O3/c1-8(9-3-2-4-10(15)7-9)17-12(19)14(5-6-14)11(18)16-13(17)20/h2-4,7-8H,5-6H2,1H3,(H,16,18,20). The number of imide groups is 2. The minimum atomic E-state index is -1.07. The van der Waals surface area contributed by atoms with Crippen LogP contribution < -0.4 is 5.32 Å². The zero-order valence-electron chi connectivity index (χ0n) is 10.9. The van der Waals surface area contributed by atoms with Crippen molar-refractivity contribution in [2.75, 3.05) is 0 Å². The first kappa shape index (κ1) is 12.8. The molecule has 1 N–H and O–H groups in total. The molecule has 1 unspecified atom stereocenters. The van der Waals surface area contributed by atoms with Crippen LogP contribution in [0.1, 0.15) is 31.4 Å². The zero-order valence-corrected chi connectivity index (χ0v) is 10.9. The first-order chi connectivity index (χ1) is 9.45. The van der Waals surface area contributed by atoms with Crippen LogP contribution in [0.5, 0.6) is 0 Å². The Hall–Kier alpha value is -2.24. The third-order valence-corrected chi connectivity index (χ3v) is 3.97. The second-order valence-electron chi connectivity index (χ2n) is 5.25. The van der Waals surface area contributed by atoms with E-state index in [2.05, 4.69) is 5.32 Å². The van der Waals surface area contributed by atoms with Crippen LogP contribution in [0.2, 0.25) is 0 Å². The van der Waals surface area contributed by atoms with E-state index in [4.69, 9.17) is 0 Å². The Labute approximate surface area is 114 Å². The Balaban J connectivity index is 1.94. The van der Waals surface area contributed by atoms with E-state index in [0.717, 1.165) is 4.90 Å². The number of barbiturate groups is 1. The average Bonchev–Trinajstić information content (AvgIpc) is 3.18. The van der Waals surface area contributed by atoms with Gasteiger partial charge in [-0.3, -0.25) is 19.8 Å². The topological polar surface area (TPSA) is 66.5 Å². The fourth-order valence-corrected chi connectivity index (χ4v) is 2.53. The van der Waals surface area contributed by atoms with E-state index in [0.29, 0.717) is 18.4 Å². The smallest absolute Gasteiger partial charge is 0.277 e. The molecule has 0 radical (unpaired) electrons. The number of halogens is 1. The summed E-state index contributed by atoms with van der Waals surface area (Å²) in [6, 6.07) is 4.37. The van der Waals surface area contributed by atoms with E-state index in [1.165, 1.54) is 18.2 Å². The van der Waals surface area contributed by atoms with Gasteiger partial charge in [-0.15, -0.1) is 0 Å². The molecule has 20 heavy (non-hydrogen) atoms. The summed E-state index contributed by atoms with van der Waals surface area (Å²) >= 11 is 0. The SMILES string of the molecule is CC(c1cccc(F)c1)N1C(=O)NC(=O)C2(CC2)C1=O. The van der Waals surface area contributed by atoms with Gasteiger partial charge in [0.25, 0.3) is 0 Å². The second kappa shape index (κ2) is 4.13. The van der Waals surface area contributed by atoms with Crippen molar-refractivity contribution in [3.05, 3.63) is 35.6 Å². The number of hydrogen-bond acceptors (Lipinski definition) is 3. The number of carbonyl (C=O) groups excluding carboxylic acids is 3. The molecule has 1 aliphatic heterocycles. The first-order valence-corrected chi connectivity index (χ1v) is 6.40. The fraction of sp³-hybridized carbons (Fsp3) is 0.357. The Morgan fingerprint density at radius 3 is 2.60 bits per heavy atom. The molecule has 2 fully saturated rings. The van der Waals surface area contributed by atoms with Gasteiger partial charge in [-0.25, -0.2) is 9.18 Å². The second-order valence-corrected chi connectivity index (χ2v) is 5.25. The third-order valence-electron chi connectivity index (χ3n) is 3.97. The molecular weight excluding hydrogens is 263 g/mol. The normalized spacial score (nSPS) is 21.9. The summed E-state index contributed by atoms with van der Waals surface area (Å²) in [5.41, 5.74) is -0.561. The highest BCUT2D eigenvalue weighted by Gasteiger charge is 2.62. The van der Waals surface area contributed by atoms with Crippen molar-refractivity contribution in [2.24, 2.45) is 5.41 Å². The first-order valence-electron chi connectivity index (χ1n) is 6.40. The van der Waals surface area contributed by atoms with E-state index < -0.39 is 35.1 Å². The lowest BCUT2D eigenvalue weighted by Crippen LogP contribution is -2.59. The van der Waals surface area contributed by atoms with Crippen LogP contribution in [0.15, 0.2) is 24.3 Å². The van der Waals surface area contributed by atoms with E-state index in [1.807, 2.05) is 0 Å². The molecule has 5 nitrogen and oxygen atoms in total. The molecule has 1 aliphatic carbocycles. The number of nitrogens with zero attached hydrogens (tertiary/aromatic N) is 1. The summed E-state index contributed by atoms with van der Waals surface area (Å²) in [6.45, 7) is 1.64. The van der Waals surface area contributed by atoms with Crippen LogP contribution >= 0.6 is 0 Å². The van der Waals surface area contributed by atoms with Crippen molar-refractivity contribution in [1.82, 2.24) is 10.2 Å². The quantitative estimate of drug-likeness (QED) is 0.837. The van der Waals surface area contributed by atoms with Crippen LogP contribution in [-0.2, 0) is 9.59 Å². The summed E-state index contributed by atoms with van der Waals surface area (Å²) in [4.78, 5) is 37.0. The van der Waals surface area contributed by atoms with Crippen LogP contribution in [0.25, 0.3) is 0 Å². The summed E-state index contributed by atoms with van der Waals surface area (Å²) in [6.07, 6.45) is 0.911. The lowest BCUT2D eigenvalue weighted by molar-refractivity contribution is -0.146. The van der Waals surface area contributed by atoms with Gasteiger partial charge in [0.1, 0.15) is 11.2 Å². The molecule has 4 amide bonds. The van der Waals surface area contributed by atoms with Crippen molar-refractivity contribution < 1.29 is 18.8 Å². The molecule has 1 saturated carbocycles. The summed E-state index contributed by atoms with van der Waals surface area (Å²) in [7, 11) is 0. The van der Waals surface area contributed by atoms with Gasteiger partial charge in [-0.2, -0.15) is 0 Å². The van der Waals surface area contributed by atoms with Crippen molar-refractivity contribution in [3.8, 4) is 0 Å². The van der Waals surface area contributed by atoms with Gasteiger partial charge in [0.2, 0.25) is 11.8 Å². The van der Waals surface area contributed by atoms with Crippen LogP contribution in [-0.4, -0.2) is 22.7 Å². The zero-order chi connectivity index (χ0) is 14.5. The van der Waals surface area contributed by atoms with Crippen molar-refractivity contribution in [3.63, 3.8) is 0 Å². The largest absolute Gasteiger partial charge is 0.331 e. The lowest BCUT2D eigenvalue weighted by Gasteiger charge is -2.34. The molecule has 1 atom stereocenters. The Kier molecular flexibility index (Phi) is 2.64. The fourth-order valence-electron chi connectivity index (χ4n) is 2.53. The molecule has 1 aromatic rings. The summed E-state index contributed by atoms with van der Waals surface area (Å²) in [5.74, 6) is -1.44. The molecule has 1 aromatic carbocycles. The number of carbonyl (C=O) groups is 3. The number of urea groups is 1. The Morgan fingerprint density at radius 1 is 1.30 bits per heavy atom. The van der Waals surface area contributed by atoms with Gasteiger partial charge in [0.05, 0.1) is 6.04 Å². The van der Waals surface area contributed by atoms with E-state index in [1.54, 1.807) is 13.0 Å².